The lowest BCUT2D eigenvalue weighted by Crippen LogP contribution is -2.29. The molecule has 1 aliphatic carbocycles. The number of pyridine rings is 1. The number of thioether (sulfide) groups is 1. The lowest BCUT2D eigenvalue weighted by Gasteiger charge is -2.27. The minimum Gasteiger partial charge on any atom is -0.361 e. The molecule has 0 bridgehead atoms. The molecule has 1 aliphatic rings. The van der Waals surface area contributed by atoms with Gasteiger partial charge in [0.15, 0.2) is 11.3 Å². The van der Waals surface area contributed by atoms with Gasteiger partial charge in [0.2, 0.25) is 0 Å². The highest BCUT2D eigenvalue weighted by Gasteiger charge is 2.31. The molecule has 0 radical (unpaired) electrons. The summed E-state index contributed by atoms with van der Waals surface area (Å²) >= 11 is 7.96. The Kier molecular flexibility index (Phi) is 7.20. The van der Waals surface area contributed by atoms with Crippen LogP contribution in [0.15, 0.2) is 89.3 Å². The number of hydrogen-bond acceptors (Lipinski definition) is 6. The van der Waals surface area contributed by atoms with Gasteiger partial charge in [-0.25, -0.2) is 15.0 Å². The molecule has 2 aromatic carbocycles. The fourth-order valence-corrected chi connectivity index (χ4v) is 5.00. The Morgan fingerprint density at radius 2 is 1.72 bits per heavy atom. The summed E-state index contributed by atoms with van der Waals surface area (Å²) in [6, 6.07) is 22.5. The van der Waals surface area contributed by atoms with Gasteiger partial charge in [0.05, 0.1) is 5.69 Å². The normalized spacial score (nSPS) is 13.7. The minimum absolute atomic E-state index is 0.0871. The maximum atomic E-state index is 13.6. The van der Waals surface area contributed by atoms with Crippen LogP contribution in [0, 0.1) is 0 Å². The van der Waals surface area contributed by atoms with Gasteiger partial charge in [-0.3, -0.25) is 9.36 Å². The van der Waals surface area contributed by atoms with Crippen LogP contribution in [0.5, 0.6) is 0 Å². The first-order chi connectivity index (χ1) is 17.6. The molecule has 2 heterocycles. The second-order valence-corrected chi connectivity index (χ2v) is 9.83. The number of benzene rings is 2. The summed E-state index contributed by atoms with van der Waals surface area (Å²) in [6.07, 6.45) is 5.17. The van der Waals surface area contributed by atoms with Gasteiger partial charge in [-0.15, -0.1) is 11.8 Å². The van der Waals surface area contributed by atoms with Gasteiger partial charge in [-0.2, -0.15) is 0 Å². The van der Waals surface area contributed by atoms with E-state index in [1.54, 1.807) is 4.57 Å². The molecule has 6 nitrogen and oxygen atoms in total. The standard InChI is InChI=1S/C28H26ClN5OS/c1-3-30-27(36-2)25-28(35)34(21-14-15-21)26-24(32-25)22(16-23(29)31-26)33(17-19-10-6-4-7-11-19)18-20-12-8-5-9-13-20/h3-13,16,21H,1,14-15,17-18H2,2H3. The van der Waals surface area contributed by atoms with Crippen molar-refractivity contribution in [3.8, 4) is 0 Å². The molecule has 4 aromatic rings. The van der Waals surface area contributed by atoms with E-state index in [9.17, 15) is 4.79 Å². The Hall–Kier alpha value is -3.42. The van der Waals surface area contributed by atoms with Crippen LogP contribution in [0.4, 0.5) is 5.69 Å². The largest absolute Gasteiger partial charge is 0.361 e. The molecule has 0 aliphatic heterocycles. The zero-order chi connectivity index (χ0) is 25.1. The van der Waals surface area contributed by atoms with Gasteiger partial charge in [-0.05, 0) is 30.2 Å². The van der Waals surface area contributed by atoms with Crippen molar-refractivity contribution in [2.75, 3.05) is 11.2 Å². The van der Waals surface area contributed by atoms with Crippen molar-refractivity contribution in [2.45, 2.75) is 32.0 Å². The molecule has 0 unspecified atom stereocenters. The highest BCUT2D eigenvalue weighted by atomic mass is 35.5. The Morgan fingerprint density at radius 3 is 2.25 bits per heavy atom. The lowest BCUT2D eigenvalue weighted by molar-refractivity contribution is 0.720. The summed E-state index contributed by atoms with van der Waals surface area (Å²) in [4.78, 5) is 29.6. The predicted molar refractivity (Wildman–Crippen MR) is 150 cm³/mol. The van der Waals surface area contributed by atoms with Crippen molar-refractivity contribution in [2.24, 2.45) is 4.99 Å². The third-order valence-electron chi connectivity index (χ3n) is 6.09. The number of anilines is 1. The first-order valence-electron chi connectivity index (χ1n) is 11.8. The monoisotopic (exact) mass is 515 g/mol. The van der Waals surface area contributed by atoms with Gasteiger partial charge in [0.1, 0.15) is 15.7 Å². The van der Waals surface area contributed by atoms with Crippen LogP contribution in [0.1, 0.15) is 35.7 Å². The van der Waals surface area contributed by atoms with Crippen molar-refractivity contribution in [3.05, 3.63) is 112 Å². The van der Waals surface area contributed by atoms with Crippen LogP contribution in [0.2, 0.25) is 5.15 Å². The zero-order valence-electron chi connectivity index (χ0n) is 20.0. The van der Waals surface area contributed by atoms with E-state index in [1.807, 2.05) is 48.7 Å². The molecule has 8 heteroatoms. The van der Waals surface area contributed by atoms with E-state index in [2.05, 4.69) is 45.7 Å². The van der Waals surface area contributed by atoms with Crippen LogP contribution >= 0.6 is 23.4 Å². The molecular formula is C28H26ClN5OS. The van der Waals surface area contributed by atoms with Crippen LogP contribution in [0.3, 0.4) is 0 Å². The van der Waals surface area contributed by atoms with E-state index >= 15 is 0 Å². The summed E-state index contributed by atoms with van der Waals surface area (Å²) in [5, 5.41) is 0.863. The number of aliphatic imine (C=N–C) groups is 1. The molecule has 2 aromatic heterocycles. The number of rotatable bonds is 8. The van der Waals surface area contributed by atoms with Crippen LogP contribution in [-0.4, -0.2) is 25.8 Å². The highest BCUT2D eigenvalue weighted by molar-refractivity contribution is 8.13. The van der Waals surface area contributed by atoms with Gasteiger partial charge >= 0.3 is 0 Å². The van der Waals surface area contributed by atoms with E-state index in [0.29, 0.717) is 40.1 Å². The SMILES string of the molecule is C=CN=C(SC)c1nc2c(N(Cc3ccccc3)Cc3ccccc3)cc(Cl)nc2n(C2CC2)c1=O. The van der Waals surface area contributed by atoms with Crippen molar-refractivity contribution in [1.82, 2.24) is 14.5 Å². The van der Waals surface area contributed by atoms with Gasteiger partial charge in [0.25, 0.3) is 5.56 Å². The summed E-state index contributed by atoms with van der Waals surface area (Å²) in [7, 11) is 0. The summed E-state index contributed by atoms with van der Waals surface area (Å²) in [5.41, 5.74) is 4.40. The first-order valence-corrected chi connectivity index (χ1v) is 13.4. The topological polar surface area (TPSA) is 63.4 Å². The third kappa shape index (κ3) is 5.08. The molecule has 36 heavy (non-hydrogen) atoms. The van der Waals surface area contributed by atoms with E-state index < -0.39 is 0 Å². The molecule has 0 spiro atoms. The molecule has 0 saturated heterocycles. The first kappa shape index (κ1) is 24.3. The summed E-state index contributed by atoms with van der Waals surface area (Å²) < 4.78 is 1.76. The van der Waals surface area contributed by atoms with Crippen LogP contribution in [0.25, 0.3) is 11.2 Å². The van der Waals surface area contributed by atoms with E-state index in [0.717, 1.165) is 29.7 Å². The highest BCUT2D eigenvalue weighted by Crippen LogP contribution is 2.38. The fourth-order valence-electron chi connectivity index (χ4n) is 4.31. The minimum atomic E-state index is -0.196. The molecule has 0 amide bonds. The summed E-state index contributed by atoms with van der Waals surface area (Å²) in [5.74, 6) is 0. The van der Waals surface area contributed by atoms with Crippen molar-refractivity contribution < 1.29 is 0 Å². The number of aromatic nitrogens is 3. The maximum Gasteiger partial charge on any atom is 0.281 e. The smallest absolute Gasteiger partial charge is 0.281 e. The van der Waals surface area contributed by atoms with E-state index in [1.165, 1.54) is 18.0 Å². The van der Waals surface area contributed by atoms with Crippen molar-refractivity contribution >= 4 is 45.3 Å². The Bertz CT molecular complexity index is 1440. The molecule has 0 N–H and O–H groups in total. The molecule has 0 atom stereocenters. The second-order valence-electron chi connectivity index (χ2n) is 8.65. The van der Waals surface area contributed by atoms with Crippen LogP contribution in [-0.2, 0) is 13.1 Å². The van der Waals surface area contributed by atoms with E-state index in [-0.39, 0.29) is 11.6 Å². The van der Waals surface area contributed by atoms with Crippen molar-refractivity contribution in [1.29, 1.82) is 0 Å². The number of fused-ring (bicyclic) bond motifs is 1. The second kappa shape index (κ2) is 10.7. The Morgan fingerprint density at radius 1 is 1.11 bits per heavy atom. The Labute approximate surface area is 219 Å². The number of nitrogens with zero attached hydrogens (tertiary/aromatic N) is 5. The number of halogens is 1. The average Bonchev–Trinajstić information content (AvgIpc) is 3.73. The van der Waals surface area contributed by atoms with Gasteiger partial charge in [0, 0.05) is 31.4 Å². The molecule has 182 valence electrons. The predicted octanol–water partition coefficient (Wildman–Crippen LogP) is 6.24. The third-order valence-corrected chi connectivity index (χ3v) is 6.96. The molecule has 5 rings (SSSR count). The van der Waals surface area contributed by atoms with E-state index in [4.69, 9.17) is 16.6 Å². The van der Waals surface area contributed by atoms with Gasteiger partial charge in [-0.1, -0.05) is 78.8 Å². The van der Waals surface area contributed by atoms with Crippen molar-refractivity contribution in [3.63, 3.8) is 0 Å². The molecule has 1 saturated carbocycles. The average molecular weight is 516 g/mol. The zero-order valence-corrected chi connectivity index (χ0v) is 21.5. The van der Waals surface area contributed by atoms with Crippen LogP contribution < -0.4 is 10.5 Å². The fraction of sp³-hybridized carbons (Fsp3) is 0.214. The molecular weight excluding hydrogens is 490 g/mol. The quantitative estimate of drug-likeness (QED) is 0.158. The maximum absolute atomic E-state index is 13.6. The summed E-state index contributed by atoms with van der Waals surface area (Å²) in [6.45, 7) is 4.99. The Balaban J connectivity index is 1.75. The molecule has 1 fully saturated rings. The number of hydrogen-bond donors (Lipinski definition) is 0. The lowest BCUT2D eigenvalue weighted by atomic mass is 10.1. The van der Waals surface area contributed by atoms with Gasteiger partial charge < -0.3 is 4.90 Å².